The third-order valence-corrected chi connectivity index (χ3v) is 2.18. The topological polar surface area (TPSA) is 69.4 Å². The molecule has 0 unspecified atom stereocenters. The van der Waals surface area contributed by atoms with Gasteiger partial charge in [-0.3, -0.25) is 14.9 Å². The Hall–Kier alpha value is -1.91. The van der Waals surface area contributed by atoms with Crippen LogP contribution in [0.15, 0.2) is 18.2 Å². The Kier molecular flexibility index (Phi) is 3.60. The Labute approximate surface area is 93.2 Å². The molecule has 1 aromatic rings. The van der Waals surface area contributed by atoms with Crippen molar-refractivity contribution >= 4 is 11.5 Å². The first-order valence-corrected chi connectivity index (χ1v) is 4.84. The zero-order chi connectivity index (χ0) is 12.3. The van der Waals surface area contributed by atoms with Gasteiger partial charge in [0.05, 0.1) is 12.0 Å². The number of nitro benzene ring substituents is 1. The molecule has 0 N–H and O–H groups in total. The molecule has 16 heavy (non-hydrogen) atoms. The van der Waals surface area contributed by atoms with Crippen molar-refractivity contribution in [3.05, 3.63) is 33.9 Å². The molecule has 5 heteroatoms. The van der Waals surface area contributed by atoms with Gasteiger partial charge in [-0.15, -0.1) is 0 Å². The van der Waals surface area contributed by atoms with E-state index in [9.17, 15) is 14.9 Å². The van der Waals surface area contributed by atoms with Crippen LogP contribution < -0.4 is 4.74 Å². The Morgan fingerprint density at radius 1 is 1.44 bits per heavy atom. The summed E-state index contributed by atoms with van der Waals surface area (Å²) in [7, 11) is 1.35. The highest BCUT2D eigenvalue weighted by Gasteiger charge is 2.19. The minimum atomic E-state index is -0.560. The van der Waals surface area contributed by atoms with E-state index < -0.39 is 4.92 Å². The van der Waals surface area contributed by atoms with E-state index in [1.807, 2.05) is 0 Å². The largest absolute Gasteiger partial charge is 0.490 e. The van der Waals surface area contributed by atoms with E-state index in [-0.39, 0.29) is 23.1 Å². The van der Waals surface area contributed by atoms with Gasteiger partial charge in [-0.05, 0) is 12.1 Å². The first-order chi connectivity index (χ1) is 7.47. The number of hydrogen-bond acceptors (Lipinski definition) is 4. The number of nitro groups is 1. The lowest BCUT2D eigenvalue weighted by molar-refractivity contribution is -0.385. The maximum Gasteiger partial charge on any atom is 0.311 e. The van der Waals surface area contributed by atoms with Crippen molar-refractivity contribution in [2.75, 3.05) is 7.11 Å². The first kappa shape index (κ1) is 12.2. The quantitative estimate of drug-likeness (QED) is 0.446. The summed E-state index contributed by atoms with van der Waals surface area (Å²) in [6, 6.07) is 4.23. The molecule has 0 atom stereocenters. The second-order valence-corrected chi connectivity index (χ2v) is 3.66. The third kappa shape index (κ3) is 2.36. The van der Waals surface area contributed by atoms with Gasteiger partial charge in [0, 0.05) is 17.5 Å². The van der Waals surface area contributed by atoms with E-state index in [4.69, 9.17) is 4.74 Å². The molecule has 0 aromatic heterocycles. The predicted octanol–water partition coefficient (Wildman–Crippen LogP) is 2.44. The van der Waals surface area contributed by atoms with Crippen molar-refractivity contribution < 1.29 is 14.5 Å². The second-order valence-electron chi connectivity index (χ2n) is 3.66. The van der Waals surface area contributed by atoms with Gasteiger partial charge in [0.2, 0.25) is 0 Å². The molecule has 1 rings (SSSR count). The summed E-state index contributed by atoms with van der Waals surface area (Å²) in [4.78, 5) is 21.8. The van der Waals surface area contributed by atoms with Crippen molar-refractivity contribution in [1.29, 1.82) is 0 Å². The molecule has 5 nitrogen and oxygen atoms in total. The standard InChI is InChI=1S/C11H13NO4/c1-7(2)11(13)8-4-5-10(16-3)9(6-8)12(14)15/h4-7H,1-3H3. The molecule has 0 saturated carbocycles. The molecule has 0 radical (unpaired) electrons. The van der Waals surface area contributed by atoms with Gasteiger partial charge in [0.25, 0.3) is 0 Å². The number of Topliss-reactive ketones (excluding diaryl/α,β-unsaturated/α-hetero) is 1. The monoisotopic (exact) mass is 223 g/mol. The van der Waals surface area contributed by atoms with Crippen molar-refractivity contribution in [3.63, 3.8) is 0 Å². The van der Waals surface area contributed by atoms with Gasteiger partial charge < -0.3 is 4.74 Å². The van der Waals surface area contributed by atoms with Crippen molar-refractivity contribution in [3.8, 4) is 5.75 Å². The number of ether oxygens (including phenoxy) is 1. The second kappa shape index (κ2) is 4.74. The van der Waals surface area contributed by atoms with Crippen LogP contribution in [0.4, 0.5) is 5.69 Å². The third-order valence-electron chi connectivity index (χ3n) is 2.18. The summed E-state index contributed by atoms with van der Waals surface area (Å²) < 4.78 is 4.85. The van der Waals surface area contributed by atoms with Crippen molar-refractivity contribution in [2.24, 2.45) is 5.92 Å². The van der Waals surface area contributed by atoms with Crippen LogP contribution in [0.1, 0.15) is 24.2 Å². The van der Waals surface area contributed by atoms with Crippen LogP contribution in [-0.4, -0.2) is 17.8 Å². The van der Waals surface area contributed by atoms with Gasteiger partial charge in [-0.25, -0.2) is 0 Å². The predicted molar refractivity (Wildman–Crippen MR) is 58.8 cm³/mol. The summed E-state index contributed by atoms with van der Waals surface area (Å²) in [6.45, 7) is 3.50. The highest BCUT2D eigenvalue weighted by atomic mass is 16.6. The lowest BCUT2D eigenvalue weighted by Gasteiger charge is -2.06. The van der Waals surface area contributed by atoms with Gasteiger partial charge in [-0.1, -0.05) is 13.8 Å². The molecule has 0 aliphatic rings. The van der Waals surface area contributed by atoms with E-state index in [2.05, 4.69) is 0 Å². The van der Waals surface area contributed by atoms with Gasteiger partial charge >= 0.3 is 5.69 Å². The Morgan fingerprint density at radius 3 is 2.50 bits per heavy atom. The number of carbonyl (C=O) groups is 1. The average Bonchev–Trinajstić information content (AvgIpc) is 2.26. The van der Waals surface area contributed by atoms with Gasteiger partial charge in [0.15, 0.2) is 11.5 Å². The fourth-order valence-corrected chi connectivity index (χ4v) is 1.32. The molecule has 1 aromatic carbocycles. The number of benzene rings is 1. The molecule has 0 heterocycles. The Bertz CT molecular complexity index is 426. The molecule has 0 aliphatic heterocycles. The highest BCUT2D eigenvalue weighted by molar-refractivity contribution is 5.98. The number of carbonyl (C=O) groups excluding carboxylic acids is 1. The fraction of sp³-hybridized carbons (Fsp3) is 0.364. The van der Waals surface area contributed by atoms with Crippen LogP contribution in [0.25, 0.3) is 0 Å². The number of methoxy groups -OCH3 is 1. The van der Waals surface area contributed by atoms with Crippen molar-refractivity contribution in [2.45, 2.75) is 13.8 Å². The molecule has 0 bridgehead atoms. The maximum absolute atomic E-state index is 11.7. The van der Waals surface area contributed by atoms with E-state index in [1.165, 1.54) is 25.3 Å². The van der Waals surface area contributed by atoms with E-state index in [1.54, 1.807) is 13.8 Å². The van der Waals surface area contributed by atoms with Crippen molar-refractivity contribution in [1.82, 2.24) is 0 Å². The minimum absolute atomic E-state index is 0.120. The summed E-state index contributed by atoms with van der Waals surface area (Å²) in [5, 5.41) is 10.7. The maximum atomic E-state index is 11.7. The van der Waals surface area contributed by atoms with Crippen LogP contribution in [0.5, 0.6) is 5.75 Å². The molecular weight excluding hydrogens is 210 g/mol. The summed E-state index contributed by atoms with van der Waals surface area (Å²) in [6.07, 6.45) is 0. The molecule has 0 aliphatic carbocycles. The molecule has 0 saturated heterocycles. The van der Waals surface area contributed by atoms with Crippen LogP contribution in [-0.2, 0) is 0 Å². The Morgan fingerprint density at radius 2 is 2.06 bits per heavy atom. The highest BCUT2D eigenvalue weighted by Crippen LogP contribution is 2.28. The molecule has 86 valence electrons. The number of ketones is 1. The summed E-state index contributed by atoms with van der Waals surface area (Å²) >= 11 is 0. The van der Waals surface area contributed by atoms with E-state index in [0.29, 0.717) is 5.56 Å². The zero-order valence-electron chi connectivity index (χ0n) is 9.39. The van der Waals surface area contributed by atoms with Crippen LogP contribution in [0.3, 0.4) is 0 Å². The van der Waals surface area contributed by atoms with Crippen LogP contribution >= 0.6 is 0 Å². The van der Waals surface area contributed by atoms with Crippen LogP contribution in [0.2, 0.25) is 0 Å². The minimum Gasteiger partial charge on any atom is -0.490 e. The van der Waals surface area contributed by atoms with Gasteiger partial charge in [0.1, 0.15) is 0 Å². The number of nitrogens with zero attached hydrogens (tertiary/aromatic N) is 1. The Balaban J connectivity index is 3.22. The summed E-state index contributed by atoms with van der Waals surface area (Å²) in [5.41, 5.74) is 0.150. The molecule has 0 amide bonds. The number of rotatable bonds is 4. The smallest absolute Gasteiger partial charge is 0.311 e. The lowest BCUT2D eigenvalue weighted by atomic mass is 10.0. The molecular formula is C11H13NO4. The average molecular weight is 223 g/mol. The lowest BCUT2D eigenvalue weighted by Crippen LogP contribution is -2.08. The van der Waals surface area contributed by atoms with Crippen LogP contribution in [0, 0.1) is 16.0 Å². The summed E-state index contributed by atoms with van der Waals surface area (Å²) in [5.74, 6) is -0.149. The fourth-order valence-electron chi connectivity index (χ4n) is 1.32. The van der Waals surface area contributed by atoms with E-state index in [0.717, 1.165) is 0 Å². The molecule has 0 spiro atoms. The SMILES string of the molecule is COc1ccc(C(=O)C(C)C)cc1[N+](=O)[O-]. The van der Waals surface area contributed by atoms with Gasteiger partial charge in [-0.2, -0.15) is 0 Å². The molecule has 0 fully saturated rings. The normalized spacial score (nSPS) is 10.2. The first-order valence-electron chi connectivity index (χ1n) is 4.84. The zero-order valence-corrected chi connectivity index (χ0v) is 9.39. The number of hydrogen-bond donors (Lipinski definition) is 0. The van der Waals surface area contributed by atoms with E-state index >= 15 is 0 Å².